The Bertz CT molecular complexity index is 657. The van der Waals surface area contributed by atoms with Crippen LogP contribution >= 0.6 is 0 Å². The van der Waals surface area contributed by atoms with Crippen LogP contribution in [0.2, 0.25) is 0 Å². The SMILES string of the molecule is CC.Cc1nc(OC2CCN(C(=O)CC(C)(C)C)C(C(F)(F)F)C2)ccc1N. The summed E-state index contributed by atoms with van der Waals surface area (Å²) in [5, 5.41) is 0. The Morgan fingerprint density at radius 2 is 1.89 bits per heavy atom. The average Bonchev–Trinajstić information content (AvgIpc) is 2.57. The van der Waals surface area contributed by atoms with E-state index in [-0.39, 0.29) is 30.7 Å². The molecule has 5 nitrogen and oxygen atoms in total. The maximum absolute atomic E-state index is 13.5. The lowest BCUT2D eigenvalue weighted by Gasteiger charge is -2.41. The molecule has 0 bridgehead atoms. The highest BCUT2D eigenvalue weighted by atomic mass is 19.4. The number of carbonyl (C=O) groups excluding carboxylic acids is 1. The molecule has 2 atom stereocenters. The van der Waals surface area contributed by atoms with Crippen LogP contribution in [-0.2, 0) is 4.79 Å². The molecule has 1 saturated heterocycles. The molecule has 1 amide bonds. The number of likely N-dealkylation sites (tertiary alicyclic amines) is 1. The number of aromatic nitrogens is 1. The maximum Gasteiger partial charge on any atom is 0.408 e. The second-order valence-corrected chi connectivity index (χ2v) is 7.97. The normalized spacial score (nSPS) is 20.2. The van der Waals surface area contributed by atoms with Crippen LogP contribution in [0.25, 0.3) is 0 Å². The molecule has 2 rings (SSSR count). The number of nitrogens with two attached hydrogens (primary N) is 1. The minimum absolute atomic E-state index is 0.0116. The average molecular weight is 403 g/mol. The summed E-state index contributed by atoms with van der Waals surface area (Å²) in [5.74, 6) is -0.225. The van der Waals surface area contributed by atoms with Gasteiger partial charge in [-0.15, -0.1) is 0 Å². The van der Waals surface area contributed by atoms with E-state index in [0.717, 1.165) is 4.90 Å². The van der Waals surface area contributed by atoms with Gasteiger partial charge in [0, 0.05) is 31.9 Å². The summed E-state index contributed by atoms with van der Waals surface area (Å²) in [7, 11) is 0. The Hall–Kier alpha value is -1.99. The van der Waals surface area contributed by atoms with E-state index in [4.69, 9.17) is 10.5 Å². The molecule has 1 aromatic heterocycles. The van der Waals surface area contributed by atoms with Gasteiger partial charge in [0.15, 0.2) is 0 Å². The molecule has 0 radical (unpaired) electrons. The number of anilines is 1. The number of alkyl halides is 3. The number of nitrogens with zero attached hydrogens (tertiary/aromatic N) is 2. The van der Waals surface area contributed by atoms with Crippen LogP contribution < -0.4 is 10.5 Å². The summed E-state index contributed by atoms with van der Waals surface area (Å²) >= 11 is 0. The first kappa shape index (κ1) is 24.0. The van der Waals surface area contributed by atoms with Crippen molar-refractivity contribution in [1.29, 1.82) is 0 Å². The van der Waals surface area contributed by atoms with Crippen LogP contribution in [0.15, 0.2) is 12.1 Å². The van der Waals surface area contributed by atoms with Gasteiger partial charge in [-0.25, -0.2) is 4.98 Å². The number of hydrogen-bond acceptors (Lipinski definition) is 4. The van der Waals surface area contributed by atoms with Crippen molar-refractivity contribution in [2.24, 2.45) is 5.41 Å². The Morgan fingerprint density at radius 3 is 2.39 bits per heavy atom. The zero-order chi connectivity index (χ0) is 21.7. The van der Waals surface area contributed by atoms with E-state index >= 15 is 0 Å². The van der Waals surface area contributed by atoms with Gasteiger partial charge in [-0.2, -0.15) is 13.2 Å². The summed E-state index contributed by atoms with van der Waals surface area (Å²) < 4.78 is 46.2. The van der Waals surface area contributed by atoms with Crippen LogP contribution in [0.4, 0.5) is 18.9 Å². The third-order valence-corrected chi connectivity index (χ3v) is 4.32. The zero-order valence-corrected chi connectivity index (χ0v) is 17.6. The van der Waals surface area contributed by atoms with E-state index < -0.39 is 24.2 Å². The van der Waals surface area contributed by atoms with Crippen LogP contribution in [0.1, 0.15) is 59.6 Å². The number of ether oxygens (including phenoxy) is 1. The van der Waals surface area contributed by atoms with Crippen LogP contribution in [0.3, 0.4) is 0 Å². The van der Waals surface area contributed by atoms with Crippen molar-refractivity contribution in [3.8, 4) is 5.88 Å². The molecule has 0 aromatic carbocycles. The monoisotopic (exact) mass is 403 g/mol. The first-order valence-corrected chi connectivity index (χ1v) is 9.63. The van der Waals surface area contributed by atoms with Gasteiger partial charge in [0.05, 0.1) is 11.4 Å². The first-order valence-electron chi connectivity index (χ1n) is 9.63. The molecule has 0 saturated carbocycles. The molecule has 2 N–H and O–H groups in total. The summed E-state index contributed by atoms with van der Waals surface area (Å²) in [6, 6.07) is 1.31. The number of carbonyl (C=O) groups is 1. The van der Waals surface area contributed by atoms with Gasteiger partial charge in [-0.05, 0) is 18.4 Å². The number of piperidine rings is 1. The van der Waals surface area contributed by atoms with Crippen molar-refractivity contribution in [1.82, 2.24) is 9.88 Å². The maximum atomic E-state index is 13.5. The van der Waals surface area contributed by atoms with Crippen LogP contribution in [0, 0.1) is 12.3 Å². The molecule has 8 heteroatoms. The van der Waals surface area contributed by atoms with Gasteiger partial charge in [0.1, 0.15) is 12.1 Å². The number of amides is 1. The third kappa shape index (κ3) is 6.87. The fraction of sp³-hybridized carbons (Fsp3) is 0.700. The van der Waals surface area contributed by atoms with Crippen LogP contribution in [-0.4, -0.2) is 40.7 Å². The largest absolute Gasteiger partial charge is 0.474 e. The molecule has 1 fully saturated rings. The van der Waals surface area contributed by atoms with E-state index in [1.54, 1.807) is 19.1 Å². The number of halogens is 3. The molecule has 1 aliphatic rings. The van der Waals surface area contributed by atoms with E-state index in [2.05, 4.69) is 4.98 Å². The van der Waals surface area contributed by atoms with Gasteiger partial charge in [0.2, 0.25) is 11.8 Å². The fourth-order valence-electron chi connectivity index (χ4n) is 2.99. The lowest BCUT2D eigenvalue weighted by atomic mass is 9.90. The van der Waals surface area contributed by atoms with Crippen molar-refractivity contribution in [2.75, 3.05) is 12.3 Å². The van der Waals surface area contributed by atoms with Gasteiger partial charge in [-0.1, -0.05) is 34.6 Å². The summed E-state index contributed by atoms with van der Waals surface area (Å²) in [4.78, 5) is 17.5. The summed E-state index contributed by atoms with van der Waals surface area (Å²) in [6.07, 6.45) is -5.06. The number of aryl methyl sites for hydroxylation is 1. The molecule has 1 aliphatic heterocycles. The highest BCUT2D eigenvalue weighted by molar-refractivity contribution is 5.77. The lowest BCUT2D eigenvalue weighted by Crippen LogP contribution is -2.55. The van der Waals surface area contributed by atoms with Gasteiger partial charge < -0.3 is 15.4 Å². The van der Waals surface area contributed by atoms with Crippen molar-refractivity contribution in [3.63, 3.8) is 0 Å². The lowest BCUT2D eigenvalue weighted by molar-refractivity contribution is -0.202. The molecular formula is C20H32F3N3O2. The number of rotatable bonds is 3. The van der Waals surface area contributed by atoms with Crippen LogP contribution in [0.5, 0.6) is 5.88 Å². The molecule has 0 spiro atoms. The predicted molar refractivity (Wildman–Crippen MR) is 104 cm³/mol. The second kappa shape index (κ2) is 9.47. The third-order valence-electron chi connectivity index (χ3n) is 4.32. The highest BCUT2D eigenvalue weighted by Crippen LogP contribution is 2.35. The topological polar surface area (TPSA) is 68.5 Å². The van der Waals surface area contributed by atoms with Crippen molar-refractivity contribution < 1.29 is 22.7 Å². The molecule has 160 valence electrons. The van der Waals surface area contributed by atoms with Gasteiger partial charge >= 0.3 is 6.18 Å². The summed E-state index contributed by atoms with van der Waals surface area (Å²) in [6.45, 7) is 11.2. The van der Waals surface area contributed by atoms with E-state index in [0.29, 0.717) is 17.8 Å². The molecule has 28 heavy (non-hydrogen) atoms. The Labute approximate surface area is 165 Å². The van der Waals surface area contributed by atoms with Crippen molar-refractivity contribution in [2.45, 2.75) is 79.1 Å². The Morgan fingerprint density at radius 1 is 1.29 bits per heavy atom. The summed E-state index contributed by atoms with van der Waals surface area (Å²) in [5.41, 5.74) is 6.38. The number of pyridine rings is 1. The van der Waals surface area contributed by atoms with E-state index in [1.807, 2.05) is 34.6 Å². The quantitative estimate of drug-likeness (QED) is 0.792. The number of hydrogen-bond donors (Lipinski definition) is 1. The van der Waals surface area contributed by atoms with E-state index in [1.165, 1.54) is 0 Å². The molecule has 0 aliphatic carbocycles. The molecule has 1 aromatic rings. The second-order valence-electron chi connectivity index (χ2n) is 7.97. The fourth-order valence-corrected chi connectivity index (χ4v) is 2.99. The smallest absolute Gasteiger partial charge is 0.408 e. The molecule has 2 heterocycles. The highest BCUT2D eigenvalue weighted by Gasteiger charge is 2.49. The van der Waals surface area contributed by atoms with Crippen molar-refractivity contribution in [3.05, 3.63) is 17.8 Å². The van der Waals surface area contributed by atoms with Gasteiger partial charge in [-0.3, -0.25) is 4.79 Å². The Balaban J connectivity index is 0.00000190. The minimum Gasteiger partial charge on any atom is -0.474 e. The first-order chi connectivity index (χ1) is 12.9. The van der Waals surface area contributed by atoms with Gasteiger partial charge in [0.25, 0.3) is 0 Å². The zero-order valence-electron chi connectivity index (χ0n) is 17.6. The van der Waals surface area contributed by atoms with E-state index in [9.17, 15) is 18.0 Å². The molecular weight excluding hydrogens is 371 g/mol. The predicted octanol–water partition coefficient (Wildman–Crippen LogP) is 4.74. The minimum atomic E-state index is -4.50. The number of nitrogen functional groups attached to an aromatic ring is 1. The molecule has 2 unspecified atom stereocenters. The Kier molecular flexibility index (Phi) is 8.14. The standard InChI is InChI=1S/C18H26F3N3O2.C2H6/c1-11-13(22)5-6-15(23-11)26-12-7-8-24(14(9-12)18(19,20)21)16(25)10-17(2,3)4;1-2/h5-6,12,14H,7-10,22H2,1-4H3;1-2H3. The van der Waals surface area contributed by atoms with Crippen molar-refractivity contribution >= 4 is 11.6 Å².